The van der Waals surface area contributed by atoms with E-state index in [-0.39, 0.29) is 21.7 Å². The number of nitrogens with zero attached hydrogens (tertiary/aromatic N) is 1. The van der Waals surface area contributed by atoms with Crippen LogP contribution < -0.4 is 10.2 Å². The van der Waals surface area contributed by atoms with E-state index in [1.807, 2.05) is 6.07 Å². The molecule has 1 N–H and O–H groups in total. The molecule has 3 aromatic rings. The zero-order chi connectivity index (χ0) is 20.8. The lowest BCUT2D eigenvalue weighted by Crippen LogP contribution is -2.17. The van der Waals surface area contributed by atoms with E-state index >= 15 is 0 Å². The maximum absolute atomic E-state index is 12.2. The minimum Gasteiger partial charge on any atom is -0.420 e. The van der Waals surface area contributed by atoms with Crippen molar-refractivity contribution in [3.05, 3.63) is 97.9 Å². The van der Waals surface area contributed by atoms with Crippen LogP contribution in [-0.2, 0) is 0 Å². The van der Waals surface area contributed by atoms with Crippen LogP contribution >= 0.6 is 39.1 Å². The summed E-state index contributed by atoms with van der Waals surface area (Å²) in [4.78, 5) is 24.3. The summed E-state index contributed by atoms with van der Waals surface area (Å²) >= 11 is 15.7. The third-order valence-corrected chi connectivity index (χ3v) is 4.75. The Balaban J connectivity index is 1.69. The van der Waals surface area contributed by atoms with Gasteiger partial charge in [-0.25, -0.2) is 10.2 Å². The van der Waals surface area contributed by atoms with Crippen LogP contribution in [0.3, 0.4) is 0 Å². The number of rotatable bonds is 5. The summed E-state index contributed by atoms with van der Waals surface area (Å²) in [5.41, 5.74) is 3.77. The number of benzene rings is 3. The van der Waals surface area contributed by atoms with Crippen molar-refractivity contribution in [1.82, 2.24) is 5.43 Å². The largest absolute Gasteiger partial charge is 0.420 e. The van der Waals surface area contributed by atoms with Crippen molar-refractivity contribution in [2.75, 3.05) is 0 Å². The minimum atomic E-state index is -0.572. The van der Waals surface area contributed by atoms with Gasteiger partial charge in [0.2, 0.25) is 0 Å². The van der Waals surface area contributed by atoms with Crippen molar-refractivity contribution in [3.63, 3.8) is 0 Å². The zero-order valence-corrected chi connectivity index (χ0v) is 17.8. The van der Waals surface area contributed by atoms with E-state index in [1.165, 1.54) is 18.3 Å². The molecule has 0 fully saturated rings. The molecule has 0 radical (unpaired) electrons. The van der Waals surface area contributed by atoms with Crippen molar-refractivity contribution in [3.8, 4) is 5.75 Å². The van der Waals surface area contributed by atoms with Gasteiger partial charge in [-0.15, -0.1) is 0 Å². The Labute approximate surface area is 185 Å². The molecule has 0 heterocycles. The first-order valence-corrected chi connectivity index (χ1v) is 9.84. The van der Waals surface area contributed by atoms with E-state index in [0.717, 1.165) is 4.47 Å². The van der Waals surface area contributed by atoms with Crippen LogP contribution in [0.4, 0.5) is 0 Å². The van der Waals surface area contributed by atoms with Crippen LogP contribution in [0.2, 0.25) is 10.0 Å². The SMILES string of the molecule is O=C(N/N=C\c1cc(Cl)c(OC(=O)c2ccccc2)c(Cl)c1)c1cccc(Br)c1. The van der Waals surface area contributed by atoms with Crippen LogP contribution in [0.25, 0.3) is 0 Å². The average Bonchev–Trinajstić information content (AvgIpc) is 2.71. The molecule has 0 aliphatic heterocycles. The van der Waals surface area contributed by atoms with E-state index in [4.69, 9.17) is 27.9 Å². The Morgan fingerprint density at radius 2 is 1.59 bits per heavy atom. The number of hydrazone groups is 1. The van der Waals surface area contributed by atoms with Gasteiger partial charge in [-0.2, -0.15) is 5.10 Å². The number of hydrogen-bond donors (Lipinski definition) is 1. The van der Waals surface area contributed by atoms with E-state index in [2.05, 4.69) is 26.5 Å². The highest BCUT2D eigenvalue weighted by Gasteiger charge is 2.15. The third kappa shape index (κ3) is 5.67. The van der Waals surface area contributed by atoms with Crippen molar-refractivity contribution in [2.24, 2.45) is 5.10 Å². The van der Waals surface area contributed by atoms with Gasteiger partial charge in [-0.3, -0.25) is 4.79 Å². The number of esters is 1. The van der Waals surface area contributed by atoms with E-state index < -0.39 is 5.97 Å². The third-order valence-electron chi connectivity index (χ3n) is 3.69. The monoisotopic (exact) mass is 490 g/mol. The van der Waals surface area contributed by atoms with E-state index in [1.54, 1.807) is 48.5 Å². The molecule has 0 spiro atoms. The predicted molar refractivity (Wildman–Crippen MR) is 117 cm³/mol. The molecule has 29 heavy (non-hydrogen) atoms. The standard InChI is InChI=1S/C21H13BrCl2N2O3/c22-16-8-4-7-15(11-16)20(27)26-25-12-13-9-17(23)19(18(24)10-13)29-21(28)14-5-2-1-3-6-14/h1-12H,(H,26,27)/b25-12-. The first kappa shape index (κ1) is 21.0. The quantitative estimate of drug-likeness (QED) is 0.214. The highest BCUT2D eigenvalue weighted by Crippen LogP contribution is 2.34. The van der Waals surface area contributed by atoms with Gasteiger partial charge in [0.1, 0.15) is 0 Å². The van der Waals surface area contributed by atoms with Gasteiger partial charge < -0.3 is 4.74 Å². The lowest BCUT2D eigenvalue weighted by Gasteiger charge is -2.09. The second-order valence-electron chi connectivity index (χ2n) is 5.78. The number of ether oxygens (including phenoxy) is 1. The summed E-state index contributed by atoms with van der Waals surface area (Å²) in [7, 11) is 0. The maximum Gasteiger partial charge on any atom is 0.343 e. The number of nitrogens with one attached hydrogen (secondary N) is 1. The Bertz CT molecular complexity index is 1070. The number of carbonyl (C=O) groups excluding carboxylic acids is 2. The Kier molecular flexibility index (Phi) is 7.04. The first-order chi connectivity index (χ1) is 13.9. The fourth-order valence-corrected chi connectivity index (χ4v) is 3.32. The Hall–Kier alpha value is -2.67. The summed E-state index contributed by atoms with van der Waals surface area (Å²) in [6.45, 7) is 0. The van der Waals surface area contributed by atoms with Crippen LogP contribution in [0.15, 0.2) is 76.3 Å². The van der Waals surface area contributed by atoms with Crippen molar-refractivity contribution in [1.29, 1.82) is 0 Å². The molecular formula is C21H13BrCl2N2O3. The van der Waals surface area contributed by atoms with Crippen LogP contribution in [0.1, 0.15) is 26.3 Å². The van der Waals surface area contributed by atoms with Crippen molar-refractivity contribution in [2.45, 2.75) is 0 Å². The maximum atomic E-state index is 12.2. The topological polar surface area (TPSA) is 67.8 Å². The van der Waals surface area contributed by atoms with Crippen molar-refractivity contribution >= 4 is 57.2 Å². The molecule has 3 aromatic carbocycles. The molecule has 3 rings (SSSR count). The molecule has 8 heteroatoms. The molecular weight excluding hydrogens is 479 g/mol. The number of halogens is 3. The molecule has 5 nitrogen and oxygen atoms in total. The molecule has 146 valence electrons. The summed E-state index contributed by atoms with van der Waals surface area (Å²) in [6, 6.07) is 18.4. The molecule has 0 aliphatic carbocycles. The fraction of sp³-hybridized carbons (Fsp3) is 0. The Morgan fingerprint density at radius 3 is 2.24 bits per heavy atom. The van der Waals surface area contributed by atoms with Crippen LogP contribution in [-0.4, -0.2) is 18.1 Å². The first-order valence-electron chi connectivity index (χ1n) is 8.29. The highest BCUT2D eigenvalue weighted by molar-refractivity contribution is 9.10. The Morgan fingerprint density at radius 1 is 0.931 bits per heavy atom. The number of amides is 1. The van der Waals surface area contributed by atoms with Gasteiger partial charge >= 0.3 is 5.97 Å². The lowest BCUT2D eigenvalue weighted by atomic mass is 10.2. The van der Waals surface area contributed by atoms with E-state index in [0.29, 0.717) is 16.7 Å². The molecule has 0 atom stereocenters. The summed E-state index contributed by atoms with van der Waals surface area (Å²) in [5.74, 6) is -0.886. The minimum absolute atomic E-state index is 0.0532. The van der Waals surface area contributed by atoms with Gasteiger partial charge in [0.05, 0.1) is 21.8 Å². The van der Waals surface area contributed by atoms with Gasteiger partial charge in [-0.1, -0.05) is 63.4 Å². The second-order valence-corrected chi connectivity index (χ2v) is 7.51. The molecule has 0 bridgehead atoms. The summed E-state index contributed by atoms with van der Waals surface area (Å²) in [6.07, 6.45) is 1.39. The molecule has 1 amide bonds. The predicted octanol–water partition coefficient (Wildman–Crippen LogP) is 5.74. The molecule has 0 saturated carbocycles. The fourth-order valence-electron chi connectivity index (χ4n) is 2.34. The van der Waals surface area contributed by atoms with Gasteiger partial charge in [0, 0.05) is 10.0 Å². The molecule has 0 unspecified atom stereocenters. The average molecular weight is 492 g/mol. The molecule has 0 aliphatic rings. The number of hydrogen-bond acceptors (Lipinski definition) is 4. The smallest absolute Gasteiger partial charge is 0.343 e. The van der Waals surface area contributed by atoms with Crippen molar-refractivity contribution < 1.29 is 14.3 Å². The van der Waals surface area contributed by atoms with Gasteiger partial charge in [0.25, 0.3) is 5.91 Å². The highest BCUT2D eigenvalue weighted by atomic mass is 79.9. The van der Waals surface area contributed by atoms with Crippen LogP contribution in [0, 0.1) is 0 Å². The number of carbonyl (C=O) groups is 2. The lowest BCUT2D eigenvalue weighted by molar-refractivity contribution is 0.0734. The normalized spacial score (nSPS) is 10.7. The van der Waals surface area contributed by atoms with Gasteiger partial charge in [-0.05, 0) is 48.0 Å². The summed E-state index contributed by atoms with van der Waals surface area (Å²) in [5, 5.41) is 4.18. The second kappa shape index (κ2) is 9.69. The van der Waals surface area contributed by atoms with E-state index in [9.17, 15) is 9.59 Å². The molecule has 0 aromatic heterocycles. The van der Waals surface area contributed by atoms with Gasteiger partial charge in [0.15, 0.2) is 5.75 Å². The van der Waals surface area contributed by atoms with Crippen LogP contribution in [0.5, 0.6) is 5.75 Å². The summed E-state index contributed by atoms with van der Waals surface area (Å²) < 4.78 is 6.09. The zero-order valence-electron chi connectivity index (χ0n) is 14.7. The molecule has 0 saturated heterocycles.